The fourth-order valence-electron chi connectivity index (χ4n) is 1.58. The predicted octanol–water partition coefficient (Wildman–Crippen LogP) is 2.65. The number of hydrogen-bond donors (Lipinski definition) is 1. The summed E-state index contributed by atoms with van der Waals surface area (Å²) in [6.07, 6.45) is 1.91. The minimum Gasteiger partial charge on any atom is -0.481 e. The van der Waals surface area contributed by atoms with Crippen molar-refractivity contribution >= 4 is 46.3 Å². The van der Waals surface area contributed by atoms with Gasteiger partial charge >= 0.3 is 5.97 Å². The molecule has 100 valence electrons. The van der Waals surface area contributed by atoms with E-state index in [1.54, 1.807) is 6.08 Å². The van der Waals surface area contributed by atoms with Crippen molar-refractivity contribution in [3.8, 4) is 0 Å². The van der Waals surface area contributed by atoms with E-state index in [-0.39, 0.29) is 30.5 Å². The van der Waals surface area contributed by atoms with Crippen LogP contribution in [0.5, 0.6) is 0 Å². The Morgan fingerprint density at radius 2 is 2.21 bits per heavy atom. The molecule has 2 heterocycles. The van der Waals surface area contributed by atoms with E-state index in [4.69, 9.17) is 5.11 Å². The van der Waals surface area contributed by atoms with Crippen molar-refractivity contribution in [1.82, 2.24) is 4.90 Å². The van der Waals surface area contributed by atoms with Crippen LogP contribution in [-0.4, -0.2) is 33.7 Å². The Kier molecular flexibility index (Phi) is 4.39. The molecule has 7 heteroatoms. The summed E-state index contributed by atoms with van der Waals surface area (Å²) >= 11 is 2.38. The van der Waals surface area contributed by atoms with E-state index in [0.717, 1.165) is 21.5 Å². The third-order valence-corrected chi connectivity index (χ3v) is 4.19. The van der Waals surface area contributed by atoms with Crippen molar-refractivity contribution in [3.63, 3.8) is 0 Å². The number of thioether (sulfide) groups is 1. The number of carboxylic acid groups (broad SMARTS) is 1. The smallest absolute Gasteiger partial charge is 0.303 e. The van der Waals surface area contributed by atoms with Gasteiger partial charge in [0.25, 0.3) is 11.1 Å². The zero-order valence-electron chi connectivity index (χ0n) is 9.87. The molecule has 1 aliphatic heterocycles. The number of rotatable bonds is 5. The van der Waals surface area contributed by atoms with Gasteiger partial charge in [0.1, 0.15) is 0 Å². The van der Waals surface area contributed by atoms with Crippen molar-refractivity contribution in [1.29, 1.82) is 0 Å². The predicted molar refractivity (Wildman–Crippen MR) is 73.9 cm³/mol. The number of aliphatic carboxylic acids is 1. The second-order valence-electron chi connectivity index (χ2n) is 3.85. The van der Waals surface area contributed by atoms with Gasteiger partial charge in [-0.25, -0.2) is 0 Å². The van der Waals surface area contributed by atoms with E-state index in [0.29, 0.717) is 4.91 Å². The van der Waals surface area contributed by atoms with Gasteiger partial charge < -0.3 is 5.11 Å². The zero-order valence-corrected chi connectivity index (χ0v) is 11.5. The number of carbonyl (C=O) groups is 3. The van der Waals surface area contributed by atoms with Gasteiger partial charge in [-0.3, -0.25) is 19.3 Å². The molecule has 5 nitrogen and oxygen atoms in total. The van der Waals surface area contributed by atoms with Gasteiger partial charge in [0, 0.05) is 17.8 Å². The summed E-state index contributed by atoms with van der Waals surface area (Å²) in [7, 11) is 0. The van der Waals surface area contributed by atoms with E-state index >= 15 is 0 Å². The molecule has 1 aromatic rings. The molecule has 0 spiro atoms. The molecule has 0 aliphatic carbocycles. The second kappa shape index (κ2) is 6.03. The first-order valence-electron chi connectivity index (χ1n) is 5.58. The summed E-state index contributed by atoms with van der Waals surface area (Å²) in [5.41, 5.74) is 0. The van der Waals surface area contributed by atoms with Gasteiger partial charge in [-0.2, -0.15) is 0 Å². The molecule has 19 heavy (non-hydrogen) atoms. The van der Waals surface area contributed by atoms with E-state index < -0.39 is 5.97 Å². The average molecular weight is 297 g/mol. The van der Waals surface area contributed by atoms with Gasteiger partial charge in [-0.15, -0.1) is 11.3 Å². The average Bonchev–Trinajstić information content (AvgIpc) is 2.93. The molecule has 1 saturated heterocycles. The normalized spacial score (nSPS) is 17.5. The molecule has 0 unspecified atom stereocenters. The fraction of sp³-hybridized carbons (Fsp3) is 0.250. The summed E-state index contributed by atoms with van der Waals surface area (Å²) in [4.78, 5) is 36.5. The lowest BCUT2D eigenvalue weighted by Gasteiger charge is -2.10. The van der Waals surface area contributed by atoms with Crippen LogP contribution in [0.1, 0.15) is 17.7 Å². The van der Waals surface area contributed by atoms with E-state index in [1.807, 2.05) is 17.5 Å². The van der Waals surface area contributed by atoms with Crippen molar-refractivity contribution in [2.24, 2.45) is 0 Å². The zero-order chi connectivity index (χ0) is 13.8. The van der Waals surface area contributed by atoms with Gasteiger partial charge in [-0.1, -0.05) is 6.07 Å². The molecule has 1 N–H and O–H groups in total. The monoisotopic (exact) mass is 297 g/mol. The highest BCUT2D eigenvalue weighted by Crippen LogP contribution is 2.32. The van der Waals surface area contributed by atoms with Gasteiger partial charge in [0.15, 0.2) is 0 Å². The van der Waals surface area contributed by atoms with Crippen molar-refractivity contribution in [2.75, 3.05) is 6.54 Å². The highest BCUT2D eigenvalue weighted by Gasteiger charge is 2.34. The first kappa shape index (κ1) is 13.8. The minimum absolute atomic E-state index is 0.0499. The third kappa shape index (κ3) is 3.45. The Balaban J connectivity index is 2.02. The Hall–Kier alpha value is -1.60. The first-order chi connectivity index (χ1) is 9.08. The van der Waals surface area contributed by atoms with Crippen molar-refractivity contribution < 1.29 is 19.5 Å². The summed E-state index contributed by atoms with van der Waals surface area (Å²) in [5, 5.41) is 10.1. The van der Waals surface area contributed by atoms with E-state index in [9.17, 15) is 14.4 Å². The van der Waals surface area contributed by atoms with Crippen molar-refractivity contribution in [3.05, 3.63) is 27.3 Å². The second-order valence-corrected chi connectivity index (χ2v) is 5.82. The number of thiophene rings is 1. The molecule has 2 rings (SSSR count). The minimum atomic E-state index is -0.930. The van der Waals surface area contributed by atoms with Gasteiger partial charge in [0.2, 0.25) is 0 Å². The molecule has 1 aromatic heterocycles. The number of nitrogens with zero attached hydrogens (tertiary/aromatic N) is 1. The number of hydrogen-bond acceptors (Lipinski definition) is 5. The van der Waals surface area contributed by atoms with Crippen LogP contribution in [0.3, 0.4) is 0 Å². The number of amides is 2. The van der Waals surface area contributed by atoms with Crippen LogP contribution in [0.2, 0.25) is 0 Å². The molecule has 1 aliphatic rings. The molecule has 1 fully saturated rings. The molecule has 0 radical (unpaired) electrons. The highest BCUT2D eigenvalue weighted by atomic mass is 32.2. The van der Waals surface area contributed by atoms with Crippen LogP contribution in [0, 0.1) is 0 Å². The lowest BCUT2D eigenvalue weighted by molar-refractivity contribution is -0.137. The standard InChI is InChI=1S/C12H11NO4S2/c14-10(15)4-1-5-13-11(16)9(19-12(13)17)7-8-3-2-6-18-8/h2-3,6-7H,1,4-5H2,(H,14,15). The summed E-state index contributed by atoms with van der Waals surface area (Å²) < 4.78 is 0. The molecular formula is C12H11NO4S2. The molecule has 0 aromatic carbocycles. The number of carbonyl (C=O) groups excluding carboxylic acids is 2. The quantitative estimate of drug-likeness (QED) is 0.846. The van der Waals surface area contributed by atoms with Crippen LogP contribution in [0.15, 0.2) is 22.4 Å². The first-order valence-corrected chi connectivity index (χ1v) is 7.28. The van der Waals surface area contributed by atoms with Crippen LogP contribution >= 0.6 is 23.1 Å². The fourth-order valence-corrected chi connectivity index (χ4v) is 3.17. The van der Waals surface area contributed by atoms with Crippen LogP contribution in [0.4, 0.5) is 4.79 Å². The van der Waals surface area contributed by atoms with Crippen molar-refractivity contribution in [2.45, 2.75) is 12.8 Å². The van der Waals surface area contributed by atoms with Gasteiger partial charge in [0.05, 0.1) is 4.91 Å². The van der Waals surface area contributed by atoms with E-state index in [1.165, 1.54) is 11.3 Å². The Bertz CT molecular complexity index is 536. The topological polar surface area (TPSA) is 74.7 Å². The number of carboxylic acids is 1. The Morgan fingerprint density at radius 3 is 2.84 bits per heavy atom. The van der Waals surface area contributed by atoms with Gasteiger partial charge in [-0.05, 0) is 35.7 Å². The molecule has 0 atom stereocenters. The van der Waals surface area contributed by atoms with Crippen LogP contribution < -0.4 is 0 Å². The third-order valence-electron chi connectivity index (χ3n) is 2.46. The maximum absolute atomic E-state index is 12.0. The lowest BCUT2D eigenvalue weighted by atomic mass is 10.3. The lowest BCUT2D eigenvalue weighted by Crippen LogP contribution is -2.29. The summed E-state index contributed by atoms with van der Waals surface area (Å²) in [5.74, 6) is -1.27. The summed E-state index contributed by atoms with van der Waals surface area (Å²) in [6, 6.07) is 3.73. The number of imide groups is 1. The molecule has 0 saturated carbocycles. The maximum Gasteiger partial charge on any atom is 0.303 e. The molecule has 0 bridgehead atoms. The summed E-state index contributed by atoms with van der Waals surface area (Å²) in [6.45, 7) is 0.152. The molecule has 2 amide bonds. The molecular weight excluding hydrogens is 286 g/mol. The SMILES string of the molecule is O=C(O)CCCN1C(=O)SC(=Cc2cccs2)C1=O. The van der Waals surface area contributed by atoms with E-state index in [2.05, 4.69) is 0 Å². The van der Waals surface area contributed by atoms with Crippen LogP contribution in [-0.2, 0) is 9.59 Å². The highest BCUT2D eigenvalue weighted by molar-refractivity contribution is 8.18. The maximum atomic E-state index is 12.0. The van der Waals surface area contributed by atoms with Crippen LogP contribution in [0.25, 0.3) is 6.08 Å². The Labute approximate surface area is 117 Å². The Morgan fingerprint density at radius 1 is 1.42 bits per heavy atom. The largest absolute Gasteiger partial charge is 0.481 e.